The van der Waals surface area contributed by atoms with Crippen LogP contribution < -0.4 is 11.1 Å². The second-order valence-electron chi connectivity index (χ2n) is 6.71. The van der Waals surface area contributed by atoms with E-state index in [2.05, 4.69) is 10.3 Å². The van der Waals surface area contributed by atoms with Crippen LogP contribution in [-0.2, 0) is 4.79 Å². The highest BCUT2D eigenvalue weighted by Gasteiger charge is 2.28. The van der Waals surface area contributed by atoms with E-state index >= 15 is 0 Å². The Morgan fingerprint density at radius 3 is 2.38 bits per heavy atom. The van der Waals surface area contributed by atoms with Crippen LogP contribution in [-0.4, -0.2) is 26.7 Å². The maximum Gasteiger partial charge on any atom is 0.318 e. The van der Waals surface area contributed by atoms with Crippen LogP contribution in [0.3, 0.4) is 0 Å². The molecule has 0 saturated carbocycles. The number of primary amides is 1. The molecule has 3 rings (SSSR count). The Hall–Kier alpha value is -2.77. The first-order valence-corrected chi connectivity index (χ1v) is 10.3. The second kappa shape index (κ2) is 9.15. The summed E-state index contributed by atoms with van der Waals surface area (Å²) in [5.41, 5.74) is 7.70. The third kappa shape index (κ3) is 4.81. The molecule has 0 aliphatic rings. The predicted molar refractivity (Wildman–Crippen MR) is 116 cm³/mol. The molecule has 3 aromatic rings. The molecule has 8 heteroatoms. The number of imide groups is 1. The van der Waals surface area contributed by atoms with Crippen molar-refractivity contribution >= 4 is 35.3 Å². The lowest BCUT2D eigenvalue weighted by Gasteiger charge is -2.20. The number of amides is 3. The van der Waals surface area contributed by atoms with Gasteiger partial charge in [-0.25, -0.2) is 9.78 Å². The molecule has 0 spiro atoms. The predicted octanol–water partition coefficient (Wildman–Crippen LogP) is 4.50. The first-order chi connectivity index (χ1) is 13.9. The van der Waals surface area contributed by atoms with E-state index < -0.39 is 17.2 Å². The Morgan fingerprint density at radius 2 is 1.76 bits per heavy atom. The van der Waals surface area contributed by atoms with Crippen molar-refractivity contribution in [1.29, 1.82) is 0 Å². The van der Waals surface area contributed by atoms with Crippen molar-refractivity contribution < 1.29 is 9.59 Å². The maximum atomic E-state index is 12.5. The quantitative estimate of drug-likeness (QED) is 0.565. The van der Waals surface area contributed by atoms with Gasteiger partial charge < -0.3 is 5.73 Å². The van der Waals surface area contributed by atoms with Gasteiger partial charge in [0.2, 0.25) is 5.91 Å². The summed E-state index contributed by atoms with van der Waals surface area (Å²) in [4.78, 5) is 28.2. The number of carbonyl (C=O) groups excluding carboxylic acids is 2. The van der Waals surface area contributed by atoms with Crippen molar-refractivity contribution in [3.63, 3.8) is 0 Å². The van der Waals surface area contributed by atoms with Crippen LogP contribution in [0.25, 0.3) is 16.9 Å². The van der Waals surface area contributed by atoms with Gasteiger partial charge in [-0.05, 0) is 18.1 Å². The van der Waals surface area contributed by atoms with E-state index in [9.17, 15) is 9.59 Å². The molecule has 1 heterocycles. The Labute approximate surface area is 178 Å². The van der Waals surface area contributed by atoms with Crippen LogP contribution in [0.2, 0.25) is 5.02 Å². The lowest BCUT2D eigenvalue weighted by atomic mass is 10.1. The molecular formula is C21H21ClN4O2S. The van der Waals surface area contributed by atoms with Crippen LogP contribution in [0.15, 0.2) is 66.0 Å². The summed E-state index contributed by atoms with van der Waals surface area (Å²) in [6, 6.07) is 16.4. The Balaban J connectivity index is 2.09. The minimum atomic E-state index is -0.874. The van der Waals surface area contributed by atoms with Gasteiger partial charge >= 0.3 is 6.03 Å². The average Bonchev–Trinajstić information content (AvgIpc) is 3.09. The molecule has 0 bridgehead atoms. The maximum absolute atomic E-state index is 12.5. The van der Waals surface area contributed by atoms with Gasteiger partial charge in [-0.1, -0.05) is 79.7 Å². The number of thioether (sulfide) groups is 1. The molecule has 150 valence electrons. The fourth-order valence-electron chi connectivity index (χ4n) is 2.89. The van der Waals surface area contributed by atoms with Crippen LogP contribution in [0.1, 0.15) is 13.8 Å². The van der Waals surface area contributed by atoms with E-state index in [0.29, 0.717) is 10.2 Å². The number of hydrogen-bond donors (Lipinski definition) is 2. The number of para-hydroxylation sites is 1. The molecule has 2 aromatic carbocycles. The largest absolute Gasteiger partial charge is 0.351 e. The van der Waals surface area contributed by atoms with Crippen LogP contribution in [0.5, 0.6) is 0 Å². The van der Waals surface area contributed by atoms with Crippen molar-refractivity contribution in [3.8, 4) is 16.9 Å². The Bertz CT molecular complexity index is 1020. The Morgan fingerprint density at radius 1 is 1.10 bits per heavy atom. The topological polar surface area (TPSA) is 90.0 Å². The van der Waals surface area contributed by atoms with E-state index in [4.69, 9.17) is 17.3 Å². The van der Waals surface area contributed by atoms with Crippen molar-refractivity contribution in [2.24, 2.45) is 11.7 Å². The van der Waals surface area contributed by atoms with Gasteiger partial charge in [0.05, 0.1) is 27.9 Å². The molecule has 3 N–H and O–H groups in total. The van der Waals surface area contributed by atoms with Gasteiger partial charge in [0.15, 0.2) is 5.16 Å². The van der Waals surface area contributed by atoms with Crippen molar-refractivity contribution in [2.75, 3.05) is 0 Å². The smallest absolute Gasteiger partial charge is 0.318 e. The van der Waals surface area contributed by atoms with Crippen molar-refractivity contribution in [2.45, 2.75) is 24.3 Å². The summed E-state index contributed by atoms with van der Waals surface area (Å²) in [5, 5.41) is 2.76. The molecular weight excluding hydrogens is 408 g/mol. The third-order valence-corrected chi connectivity index (χ3v) is 6.07. The summed E-state index contributed by atoms with van der Waals surface area (Å²) in [5.74, 6) is -0.511. The summed E-state index contributed by atoms with van der Waals surface area (Å²) < 4.78 is 1.93. The van der Waals surface area contributed by atoms with Gasteiger partial charge in [0.25, 0.3) is 0 Å². The summed E-state index contributed by atoms with van der Waals surface area (Å²) in [6.07, 6.45) is 1.75. The lowest BCUT2D eigenvalue weighted by molar-refractivity contribution is -0.120. The molecule has 0 fully saturated rings. The fourth-order valence-corrected chi connectivity index (χ4v) is 4.20. The third-order valence-electron chi connectivity index (χ3n) is 4.24. The number of nitrogens with zero attached hydrogens (tertiary/aromatic N) is 2. The Kier molecular flexibility index (Phi) is 6.61. The highest BCUT2D eigenvalue weighted by Crippen LogP contribution is 2.35. The monoisotopic (exact) mass is 428 g/mol. The highest BCUT2D eigenvalue weighted by atomic mass is 35.5. The van der Waals surface area contributed by atoms with Gasteiger partial charge in [0, 0.05) is 5.56 Å². The zero-order chi connectivity index (χ0) is 21.0. The average molecular weight is 429 g/mol. The minimum Gasteiger partial charge on any atom is -0.351 e. The zero-order valence-corrected chi connectivity index (χ0v) is 17.6. The van der Waals surface area contributed by atoms with Crippen LogP contribution in [0.4, 0.5) is 4.79 Å². The van der Waals surface area contributed by atoms with Gasteiger partial charge in [-0.2, -0.15) is 0 Å². The second-order valence-corrected chi connectivity index (χ2v) is 8.23. The number of urea groups is 1. The van der Waals surface area contributed by atoms with Gasteiger partial charge in [-0.15, -0.1) is 0 Å². The number of nitrogens with two attached hydrogens (primary N) is 1. The van der Waals surface area contributed by atoms with Gasteiger partial charge in [-0.3, -0.25) is 14.7 Å². The van der Waals surface area contributed by atoms with E-state index in [0.717, 1.165) is 16.9 Å². The summed E-state index contributed by atoms with van der Waals surface area (Å²) in [7, 11) is 0. The highest BCUT2D eigenvalue weighted by molar-refractivity contribution is 8.00. The molecule has 3 amide bonds. The first-order valence-electron chi connectivity index (χ1n) is 9.03. The summed E-state index contributed by atoms with van der Waals surface area (Å²) >= 11 is 7.75. The molecule has 29 heavy (non-hydrogen) atoms. The molecule has 6 nitrogen and oxygen atoms in total. The molecule has 1 aromatic heterocycles. The number of carbonyl (C=O) groups is 2. The number of benzene rings is 2. The van der Waals surface area contributed by atoms with E-state index in [-0.39, 0.29) is 5.92 Å². The van der Waals surface area contributed by atoms with Crippen LogP contribution >= 0.6 is 23.4 Å². The number of imidazole rings is 1. The molecule has 0 radical (unpaired) electrons. The number of aromatic nitrogens is 2. The first kappa shape index (κ1) is 21.0. The number of rotatable bonds is 6. The minimum absolute atomic E-state index is 0.0593. The van der Waals surface area contributed by atoms with Gasteiger partial charge in [0.1, 0.15) is 0 Å². The molecule has 0 aliphatic heterocycles. The van der Waals surface area contributed by atoms with E-state index in [1.165, 1.54) is 11.8 Å². The molecule has 0 saturated heterocycles. The zero-order valence-electron chi connectivity index (χ0n) is 16.0. The van der Waals surface area contributed by atoms with Crippen LogP contribution in [0, 0.1) is 5.92 Å². The van der Waals surface area contributed by atoms with E-state index in [1.807, 2.05) is 66.9 Å². The number of nitrogens with one attached hydrogen (secondary N) is 1. The SMILES string of the molecule is CC(C)C(Sc1ncc(-c2ccccc2)n1-c1ccccc1Cl)C(=O)NC(N)=O. The van der Waals surface area contributed by atoms with Crippen molar-refractivity contribution in [1.82, 2.24) is 14.9 Å². The molecule has 0 aliphatic carbocycles. The van der Waals surface area contributed by atoms with Crippen molar-refractivity contribution in [3.05, 3.63) is 65.8 Å². The summed E-state index contributed by atoms with van der Waals surface area (Å²) in [6.45, 7) is 3.80. The number of hydrogen-bond acceptors (Lipinski definition) is 4. The fraction of sp³-hybridized carbons (Fsp3) is 0.190. The standard InChI is InChI=1S/C21H21ClN4O2S/c1-13(2)18(19(27)25-20(23)28)29-21-24-12-17(14-8-4-3-5-9-14)26(21)16-11-7-6-10-15(16)22/h3-13,18H,1-2H3,(H3,23,25,27,28). The lowest BCUT2D eigenvalue weighted by Crippen LogP contribution is -2.42. The van der Waals surface area contributed by atoms with E-state index in [1.54, 1.807) is 12.3 Å². The molecule has 1 unspecified atom stereocenters. The number of halogens is 1. The normalized spacial score (nSPS) is 12.0. The molecule has 1 atom stereocenters.